The second-order valence-electron chi connectivity index (χ2n) is 2.25. The zero-order valence-corrected chi connectivity index (χ0v) is 6.88. The van der Waals surface area contributed by atoms with E-state index in [0.29, 0.717) is 6.54 Å². The van der Waals surface area contributed by atoms with Gasteiger partial charge >= 0.3 is 5.69 Å². The van der Waals surface area contributed by atoms with Crippen molar-refractivity contribution >= 4 is 11.5 Å². The molecule has 0 aromatic carbocycles. The lowest BCUT2D eigenvalue weighted by atomic mass is 10.4. The summed E-state index contributed by atoms with van der Waals surface area (Å²) in [5.41, 5.74) is -1.82. The third-order valence-electron chi connectivity index (χ3n) is 1.36. The third kappa shape index (κ3) is 1.81. The molecule has 7 nitrogen and oxygen atoms in total. The summed E-state index contributed by atoms with van der Waals surface area (Å²) in [6, 6.07) is 0. The first-order valence-electron chi connectivity index (χ1n) is 3.63. The van der Waals surface area contributed by atoms with Gasteiger partial charge in [-0.2, -0.15) is 0 Å². The fourth-order valence-corrected chi connectivity index (χ4v) is 0.872. The van der Waals surface area contributed by atoms with Crippen LogP contribution in [-0.4, -0.2) is 16.5 Å². The number of aromatic nitrogens is 2. The van der Waals surface area contributed by atoms with Crippen LogP contribution in [-0.2, 0) is 0 Å². The standard InChI is InChI=1S/C6H8N4O3/c1-2-7-4-3(10-13)5(11)9-6(12)8-4/h2H2,1H3,(H3,7,8,9,11,12). The van der Waals surface area contributed by atoms with Gasteiger partial charge in [0.05, 0.1) is 0 Å². The molecular weight excluding hydrogens is 176 g/mol. The quantitative estimate of drug-likeness (QED) is 0.569. The second kappa shape index (κ2) is 3.65. The van der Waals surface area contributed by atoms with Crippen LogP contribution in [0.4, 0.5) is 11.5 Å². The summed E-state index contributed by atoms with van der Waals surface area (Å²) < 4.78 is 0. The maximum absolute atomic E-state index is 11.0. The molecule has 0 atom stereocenters. The van der Waals surface area contributed by atoms with Crippen LogP contribution in [0.15, 0.2) is 14.8 Å². The zero-order valence-electron chi connectivity index (χ0n) is 6.88. The summed E-state index contributed by atoms with van der Waals surface area (Å²) in [6.07, 6.45) is 0. The maximum Gasteiger partial charge on any atom is 0.327 e. The highest BCUT2D eigenvalue weighted by Gasteiger charge is 2.07. The average molecular weight is 184 g/mol. The van der Waals surface area contributed by atoms with Gasteiger partial charge in [-0.25, -0.2) is 4.79 Å². The number of nitrogens with one attached hydrogen (secondary N) is 3. The largest absolute Gasteiger partial charge is 0.370 e. The number of nitroso groups, excluding NO2 is 1. The summed E-state index contributed by atoms with van der Waals surface area (Å²) >= 11 is 0. The molecule has 3 N–H and O–H groups in total. The van der Waals surface area contributed by atoms with Gasteiger partial charge in [0.1, 0.15) is 5.82 Å². The van der Waals surface area contributed by atoms with E-state index in [1.807, 2.05) is 4.98 Å². The Labute approximate surface area is 72.2 Å². The van der Waals surface area contributed by atoms with Gasteiger partial charge in [-0.15, -0.1) is 4.91 Å². The summed E-state index contributed by atoms with van der Waals surface area (Å²) in [4.78, 5) is 36.1. The molecular formula is C6H8N4O3. The molecule has 0 spiro atoms. The summed E-state index contributed by atoms with van der Waals surface area (Å²) in [7, 11) is 0. The highest BCUT2D eigenvalue weighted by atomic mass is 16.3. The van der Waals surface area contributed by atoms with E-state index >= 15 is 0 Å². The lowest BCUT2D eigenvalue weighted by molar-refractivity contribution is 1.01. The van der Waals surface area contributed by atoms with Crippen LogP contribution in [0.1, 0.15) is 6.92 Å². The van der Waals surface area contributed by atoms with E-state index in [1.165, 1.54) is 0 Å². The third-order valence-corrected chi connectivity index (χ3v) is 1.36. The van der Waals surface area contributed by atoms with Gasteiger partial charge in [-0.3, -0.25) is 14.8 Å². The highest BCUT2D eigenvalue weighted by Crippen LogP contribution is 2.12. The molecule has 0 aliphatic heterocycles. The van der Waals surface area contributed by atoms with E-state index in [9.17, 15) is 14.5 Å². The molecule has 1 aromatic heterocycles. The first-order chi connectivity index (χ1) is 6.19. The summed E-state index contributed by atoms with van der Waals surface area (Å²) in [5, 5.41) is 5.14. The predicted octanol–water partition coefficient (Wildman–Crippen LogP) is -0.107. The second-order valence-corrected chi connectivity index (χ2v) is 2.25. The number of aromatic amines is 2. The molecule has 0 aliphatic rings. The smallest absolute Gasteiger partial charge is 0.327 e. The molecule has 0 amide bonds. The van der Waals surface area contributed by atoms with E-state index in [2.05, 4.69) is 15.5 Å². The minimum atomic E-state index is -0.797. The predicted molar refractivity (Wildman–Crippen MR) is 47.3 cm³/mol. The first-order valence-corrected chi connectivity index (χ1v) is 3.63. The van der Waals surface area contributed by atoms with Crippen molar-refractivity contribution in [3.8, 4) is 0 Å². The Kier molecular flexibility index (Phi) is 2.58. The van der Waals surface area contributed by atoms with Crippen molar-refractivity contribution in [1.29, 1.82) is 0 Å². The Morgan fingerprint density at radius 1 is 1.38 bits per heavy atom. The Hall–Kier alpha value is -1.92. The highest BCUT2D eigenvalue weighted by molar-refractivity contribution is 5.57. The summed E-state index contributed by atoms with van der Waals surface area (Å²) in [5.74, 6) is 0.0475. The molecule has 13 heavy (non-hydrogen) atoms. The van der Waals surface area contributed by atoms with Gasteiger partial charge in [-0.05, 0) is 12.1 Å². The Balaban J connectivity index is 3.38. The van der Waals surface area contributed by atoms with E-state index in [1.54, 1.807) is 6.92 Å². The van der Waals surface area contributed by atoms with E-state index in [4.69, 9.17) is 0 Å². The molecule has 0 bridgehead atoms. The van der Waals surface area contributed by atoms with Gasteiger partial charge < -0.3 is 5.32 Å². The molecule has 0 saturated carbocycles. The number of hydrogen-bond donors (Lipinski definition) is 3. The van der Waals surface area contributed by atoms with Crippen LogP contribution >= 0.6 is 0 Å². The molecule has 7 heteroatoms. The molecule has 70 valence electrons. The zero-order chi connectivity index (χ0) is 9.84. The number of nitrogens with zero attached hydrogens (tertiary/aromatic N) is 1. The fraction of sp³-hybridized carbons (Fsp3) is 0.333. The van der Waals surface area contributed by atoms with Crippen molar-refractivity contribution in [1.82, 2.24) is 9.97 Å². The summed E-state index contributed by atoms with van der Waals surface area (Å²) in [6.45, 7) is 2.23. The Bertz CT molecular complexity index is 419. The lowest BCUT2D eigenvalue weighted by Crippen LogP contribution is -2.23. The molecule has 1 aromatic rings. The number of hydrogen-bond acceptors (Lipinski definition) is 5. The van der Waals surface area contributed by atoms with Crippen molar-refractivity contribution in [2.75, 3.05) is 11.9 Å². The van der Waals surface area contributed by atoms with Gasteiger partial charge in [-0.1, -0.05) is 0 Å². The van der Waals surface area contributed by atoms with Gasteiger partial charge in [0, 0.05) is 6.54 Å². The van der Waals surface area contributed by atoms with Crippen LogP contribution in [0, 0.1) is 4.91 Å². The molecule has 0 aliphatic carbocycles. The van der Waals surface area contributed by atoms with Crippen molar-refractivity contribution in [2.45, 2.75) is 6.92 Å². The minimum Gasteiger partial charge on any atom is -0.370 e. The average Bonchev–Trinajstić information content (AvgIpc) is 2.04. The Morgan fingerprint density at radius 3 is 2.62 bits per heavy atom. The van der Waals surface area contributed by atoms with Crippen molar-refractivity contribution < 1.29 is 0 Å². The van der Waals surface area contributed by atoms with Gasteiger partial charge in [0.15, 0.2) is 0 Å². The first kappa shape index (κ1) is 9.17. The SMILES string of the molecule is CCNc1[nH]c(=O)[nH]c(=O)c1N=O. The molecule has 0 unspecified atom stereocenters. The number of H-pyrrole nitrogens is 2. The van der Waals surface area contributed by atoms with Gasteiger partial charge in [0.2, 0.25) is 5.69 Å². The monoisotopic (exact) mass is 184 g/mol. The molecule has 0 radical (unpaired) electrons. The number of anilines is 1. The molecule has 1 heterocycles. The lowest BCUT2D eigenvalue weighted by Gasteiger charge is -2.01. The van der Waals surface area contributed by atoms with Crippen LogP contribution in [0.25, 0.3) is 0 Å². The maximum atomic E-state index is 11.0. The van der Waals surface area contributed by atoms with Crippen molar-refractivity contribution in [3.05, 3.63) is 25.7 Å². The number of rotatable bonds is 3. The molecule has 0 fully saturated rings. The van der Waals surface area contributed by atoms with Crippen LogP contribution in [0.2, 0.25) is 0 Å². The Morgan fingerprint density at radius 2 is 2.08 bits per heavy atom. The van der Waals surface area contributed by atoms with E-state index < -0.39 is 11.2 Å². The molecule has 1 rings (SSSR count). The van der Waals surface area contributed by atoms with Crippen LogP contribution in [0.3, 0.4) is 0 Å². The molecule has 0 saturated heterocycles. The topological polar surface area (TPSA) is 107 Å². The van der Waals surface area contributed by atoms with Gasteiger partial charge in [0.25, 0.3) is 5.56 Å². The fourth-order valence-electron chi connectivity index (χ4n) is 0.872. The van der Waals surface area contributed by atoms with E-state index in [-0.39, 0.29) is 11.5 Å². The van der Waals surface area contributed by atoms with Crippen molar-refractivity contribution in [2.24, 2.45) is 5.18 Å². The normalized spacial score (nSPS) is 9.62. The minimum absolute atomic E-state index is 0.0475. The van der Waals surface area contributed by atoms with Crippen molar-refractivity contribution in [3.63, 3.8) is 0 Å². The van der Waals surface area contributed by atoms with E-state index in [0.717, 1.165) is 0 Å². The van der Waals surface area contributed by atoms with Crippen LogP contribution < -0.4 is 16.6 Å². The van der Waals surface area contributed by atoms with Crippen LogP contribution in [0.5, 0.6) is 0 Å².